The second kappa shape index (κ2) is 7.40. The minimum atomic E-state index is -4.37. The van der Waals surface area contributed by atoms with Crippen LogP contribution >= 0.6 is 11.8 Å². The van der Waals surface area contributed by atoms with Gasteiger partial charge in [-0.25, -0.2) is 0 Å². The number of hydrogen-bond donors (Lipinski definition) is 2. The third-order valence-electron chi connectivity index (χ3n) is 2.22. The lowest BCUT2D eigenvalue weighted by atomic mass is 10.2. The van der Waals surface area contributed by atoms with Gasteiger partial charge < -0.3 is 10.6 Å². The first kappa shape index (κ1) is 15.8. The van der Waals surface area contributed by atoms with E-state index in [1.165, 1.54) is 18.2 Å². The van der Waals surface area contributed by atoms with Crippen molar-refractivity contribution in [1.82, 2.24) is 5.32 Å². The highest BCUT2D eigenvalue weighted by Crippen LogP contribution is 2.40. The number of thioether (sulfide) groups is 1. The fourth-order valence-corrected chi connectivity index (χ4v) is 2.05. The Morgan fingerprint density at radius 3 is 2.63 bits per heavy atom. The zero-order chi connectivity index (χ0) is 14.3. The highest BCUT2D eigenvalue weighted by Gasteiger charge is 2.30. The van der Waals surface area contributed by atoms with Gasteiger partial charge in [-0.2, -0.15) is 13.2 Å². The minimum Gasteiger partial charge on any atom is -0.325 e. The summed E-state index contributed by atoms with van der Waals surface area (Å²) >= 11 is -0.229. The van der Waals surface area contributed by atoms with Crippen LogP contribution in [0.1, 0.15) is 12.8 Å². The van der Waals surface area contributed by atoms with Crippen LogP contribution in [-0.2, 0) is 4.79 Å². The zero-order valence-corrected chi connectivity index (χ0v) is 11.2. The van der Waals surface area contributed by atoms with Gasteiger partial charge >= 0.3 is 5.51 Å². The molecule has 0 heterocycles. The second-order valence-electron chi connectivity index (χ2n) is 3.80. The maximum Gasteiger partial charge on any atom is 0.446 e. The quantitative estimate of drug-likeness (QED) is 0.625. The number of carbonyl (C=O) groups is 1. The predicted octanol–water partition coefficient (Wildman–Crippen LogP) is 3.24. The van der Waals surface area contributed by atoms with E-state index in [1.807, 2.05) is 0 Å². The van der Waals surface area contributed by atoms with Crippen molar-refractivity contribution < 1.29 is 18.0 Å². The van der Waals surface area contributed by atoms with Crippen LogP contribution in [0.3, 0.4) is 0 Å². The summed E-state index contributed by atoms with van der Waals surface area (Å²) in [7, 11) is 1.77. The highest BCUT2D eigenvalue weighted by molar-refractivity contribution is 8.00. The number of nitrogens with one attached hydrogen (secondary N) is 2. The molecule has 0 spiro atoms. The molecule has 0 saturated heterocycles. The van der Waals surface area contributed by atoms with Gasteiger partial charge in [-0.3, -0.25) is 4.79 Å². The lowest BCUT2D eigenvalue weighted by Gasteiger charge is -2.12. The highest BCUT2D eigenvalue weighted by atomic mass is 32.2. The molecule has 0 aliphatic heterocycles. The van der Waals surface area contributed by atoms with E-state index in [0.29, 0.717) is 13.0 Å². The minimum absolute atomic E-state index is 0.00281. The molecule has 3 nitrogen and oxygen atoms in total. The van der Waals surface area contributed by atoms with Gasteiger partial charge in [-0.1, -0.05) is 12.1 Å². The Bertz CT molecular complexity index is 424. The molecule has 0 aliphatic rings. The van der Waals surface area contributed by atoms with Gasteiger partial charge in [-0.05, 0) is 43.9 Å². The summed E-state index contributed by atoms with van der Waals surface area (Å²) in [5.41, 5.74) is -4.17. The van der Waals surface area contributed by atoms with E-state index in [0.717, 1.165) is 0 Å². The molecule has 1 rings (SSSR count). The van der Waals surface area contributed by atoms with Crippen molar-refractivity contribution in [2.45, 2.75) is 23.2 Å². The number of halogens is 3. The van der Waals surface area contributed by atoms with E-state index >= 15 is 0 Å². The Morgan fingerprint density at radius 1 is 1.32 bits per heavy atom. The number of hydrogen-bond acceptors (Lipinski definition) is 3. The molecular formula is C12H15F3N2OS. The molecule has 7 heteroatoms. The summed E-state index contributed by atoms with van der Waals surface area (Å²) in [6, 6.07) is 5.89. The molecule has 19 heavy (non-hydrogen) atoms. The molecule has 1 amide bonds. The van der Waals surface area contributed by atoms with Crippen LogP contribution in [-0.4, -0.2) is 25.0 Å². The van der Waals surface area contributed by atoms with Gasteiger partial charge in [0.2, 0.25) is 5.91 Å². The molecule has 0 aromatic heterocycles. The van der Waals surface area contributed by atoms with Crippen LogP contribution < -0.4 is 10.6 Å². The van der Waals surface area contributed by atoms with Gasteiger partial charge in [0.25, 0.3) is 0 Å². The third-order valence-corrected chi connectivity index (χ3v) is 3.02. The SMILES string of the molecule is CNCCCC(=O)Nc1ccccc1SC(F)(F)F. The van der Waals surface area contributed by atoms with E-state index in [9.17, 15) is 18.0 Å². The van der Waals surface area contributed by atoms with E-state index in [4.69, 9.17) is 0 Å². The standard InChI is InChI=1S/C12H15F3N2OS/c1-16-8-4-7-11(18)17-9-5-2-3-6-10(9)19-12(13,14)15/h2-3,5-6,16H,4,7-8H2,1H3,(H,17,18). The van der Waals surface area contributed by atoms with Crippen molar-refractivity contribution in [1.29, 1.82) is 0 Å². The maximum atomic E-state index is 12.3. The molecule has 0 fully saturated rings. The smallest absolute Gasteiger partial charge is 0.325 e. The molecule has 0 unspecified atom stereocenters. The average Bonchev–Trinajstić information content (AvgIpc) is 2.30. The molecular weight excluding hydrogens is 277 g/mol. The van der Waals surface area contributed by atoms with Crippen LogP contribution in [0.5, 0.6) is 0 Å². The molecule has 0 aliphatic carbocycles. The van der Waals surface area contributed by atoms with Crippen molar-refractivity contribution in [3.8, 4) is 0 Å². The van der Waals surface area contributed by atoms with Crippen molar-refractivity contribution >= 4 is 23.4 Å². The largest absolute Gasteiger partial charge is 0.446 e. The summed E-state index contributed by atoms with van der Waals surface area (Å²) in [6.45, 7) is 0.687. The number of alkyl halides is 3. The van der Waals surface area contributed by atoms with Crippen molar-refractivity contribution in [2.75, 3.05) is 18.9 Å². The fraction of sp³-hybridized carbons (Fsp3) is 0.417. The Labute approximate surface area is 114 Å². The Balaban J connectivity index is 2.64. The van der Waals surface area contributed by atoms with Crippen LogP contribution in [0.25, 0.3) is 0 Å². The normalized spacial score (nSPS) is 11.4. The van der Waals surface area contributed by atoms with Gasteiger partial charge in [0.05, 0.1) is 5.69 Å². The Morgan fingerprint density at radius 2 is 2.00 bits per heavy atom. The number of anilines is 1. The molecule has 1 aromatic carbocycles. The van der Waals surface area contributed by atoms with E-state index in [-0.39, 0.29) is 34.7 Å². The van der Waals surface area contributed by atoms with E-state index in [2.05, 4.69) is 10.6 Å². The first-order valence-corrected chi connectivity index (χ1v) is 6.53. The summed E-state index contributed by atoms with van der Waals surface area (Å²) < 4.78 is 37.0. The molecule has 1 aromatic rings. The molecule has 0 bridgehead atoms. The zero-order valence-electron chi connectivity index (χ0n) is 10.4. The second-order valence-corrected chi connectivity index (χ2v) is 4.91. The van der Waals surface area contributed by atoms with Crippen molar-refractivity contribution in [2.24, 2.45) is 0 Å². The number of para-hydroxylation sites is 1. The summed E-state index contributed by atoms with van der Waals surface area (Å²) in [4.78, 5) is 11.6. The van der Waals surface area contributed by atoms with Gasteiger partial charge in [-0.15, -0.1) is 0 Å². The summed E-state index contributed by atoms with van der Waals surface area (Å²) in [5.74, 6) is -0.287. The van der Waals surface area contributed by atoms with Gasteiger partial charge in [0, 0.05) is 11.3 Å². The Kier molecular flexibility index (Phi) is 6.17. The lowest BCUT2D eigenvalue weighted by molar-refractivity contribution is -0.116. The number of amides is 1. The molecule has 2 N–H and O–H groups in total. The maximum absolute atomic E-state index is 12.3. The van der Waals surface area contributed by atoms with Crippen LogP contribution in [0.4, 0.5) is 18.9 Å². The predicted molar refractivity (Wildman–Crippen MR) is 70.1 cm³/mol. The molecule has 0 atom stereocenters. The van der Waals surface area contributed by atoms with Crippen LogP contribution in [0.15, 0.2) is 29.2 Å². The third kappa shape index (κ3) is 6.49. The summed E-state index contributed by atoms with van der Waals surface area (Å²) in [6.07, 6.45) is 0.906. The van der Waals surface area contributed by atoms with E-state index < -0.39 is 5.51 Å². The molecule has 106 valence electrons. The average molecular weight is 292 g/mol. The molecule has 0 radical (unpaired) electrons. The first-order valence-electron chi connectivity index (χ1n) is 5.71. The van der Waals surface area contributed by atoms with Crippen LogP contribution in [0, 0.1) is 0 Å². The fourth-order valence-electron chi connectivity index (χ4n) is 1.42. The van der Waals surface area contributed by atoms with Gasteiger partial charge in [0.15, 0.2) is 0 Å². The van der Waals surface area contributed by atoms with Crippen molar-refractivity contribution in [3.63, 3.8) is 0 Å². The van der Waals surface area contributed by atoms with Gasteiger partial charge in [0.1, 0.15) is 0 Å². The number of benzene rings is 1. The first-order chi connectivity index (χ1) is 8.92. The number of rotatable bonds is 6. The topological polar surface area (TPSA) is 41.1 Å². The number of carbonyl (C=O) groups excluding carboxylic acids is 1. The van der Waals surface area contributed by atoms with Crippen molar-refractivity contribution in [3.05, 3.63) is 24.3 Å². The van der Waals surface area contributed by atoms with E-state index in [1.54, 1.807) is 13.1 Å². The summed E-state index contributed by atoms with van der Waals surface area (Å²) in [5, 5.41) is 5.40. The molecule has 0 saturated carbocycles. The lowest BCUT2D eigenvalue weighted by Crippen LogP contribution is -2.15. The monoisotopic (exact) mass is 292 g/mol. The van der Waals surface area contributed by atoms with Crippen LogP contribution in [0.2, 0.25) is 0 Å². The Hall–Kier alpha value is -1.21.